The second-order valence-electron chi connectivity index (χ2n) is 13.6. The van der Waals surface area contributed by atoms with Crippen molar-refractivity contribution < 1.29 is 14.3 Å². The topological polar surface area (TPSA) is 101 Å². The maximum atomic E-state index is 12.9. The molecule has 2 saturated heterocycles. The van der Waals surface area contributed by atoms with E-state index in [4.69, 9.17) is 21.3 Å². The summed E-state index contributed by atoms with van der Waals surface area (Å²) in [5.74, 6) is 1.14. The number of anilines is 1. The number of pyridine rings is 1. The first-order valence-corrected chi connectivity index (χ1v) is 17.0. The molecule has 2 aliphatic heterocycles. The molecule has 0 bridgehead atoms. The predicted molar refractivity (Wildman–Crippen MR) is 186 cm³/mol. The number of aromatic nitrogens is 3. The summed E-state index contributed by atoms with van der Waals surface area (Å²) < 4.78 is 5.58. The third-order valence-electron chi connectivity index (χ3n) is 9.16. The molecule has 9 nitrogen and oxygen atoms in total. The quantitative estimate of drug-likeness (QED) is 0.225. The van der Waals surface area contributed by atoms with Crippen molar-refractivity contribution in [1.82, 2.24) is 25.2 Å². The van der Waals surface area contributed by atoms with E-state index in [-0.39, 0.29) is 12.0 Å². The Labute approximate surface area is 281 Å². The number of piperidine rings is 2. The third kappa shape index (κ3) is 8.19. The molecule has 0 unspecified atom stereocenters. The van der Waals surface area contributed by atoms with Crippen molar-refractivity contribution >= 4 is 40.3 Å². The smallest absolute Gasteiger partial charge is 0.410 e. The number of hydrogen-bond donors (Lipinski definition) is 1. The summed E-state index contributed by atoms with van der Waals surface area (Å²) in [4.78, 5) is 43.5. The van der Waals surface area contributed by atoms with Crippen molar-refractivity contribution in [2.24, 2.45) is 11.8 Å². The molecular weight excluding hydrogens is 612 g/mol. The highest BCUT2D eigenvalue weighted by Crippen LogP contribution is 2.36. The van der Waals surface area contributed by atoms with E-state index in [1.165, 1.54) is 0 Å². The first kappa shape index (κ1) is 32.7. The number of carbonyl (C=O) groups is 2. The number of rotatable bonds is 7. The maximum absolute atomic E-state index is 12.9. The van der Waals surface area contributed by atoms with Gasteiger partial charge in [0.2, 0.25) is 0 Å². The average molecular weight is 655 g/mol. The van der Waals surface area contributed by atoms with Crippen LogP contribution in [0.4, 0.5) is 10.5 Å². The van der Waals surface area contributed by atoms with Gasteiger partial charge in [-0.05, 0) is 101 Å². The number of likely N-dealkylation sites (tertiary alicyclic amines) is 1. The Bertz CT molecular complexity index is 1710. The van der Waals surface area contributed by atoms with Crippen molar-refractivity contribution in [2.75, 3.05) is 37.6 Å². The van der Waals surface area contributed by atoms with Gasteiger partial charge in [-0.1, -0.05) is 29.8 Å². The maximum Gasteiger partial charge on any atom is 0.410 e. The van der Waals surface area contributed by atoms with Crippen LogP contribution >= 0.6 is 11.6 Å². The zero-order chi connectivity index (χ0) is 33.0. The van der Waals surface area contributed by atoms with Gasteiger partial charge < -0.3 is 19.9 Å². The summed E-state index contributed by atoms with van der Waals surface area (Å²) in [6.07, 6.45) is 6.54. The predicted octanol–water partition coefficient (Wildman–Crippen LogP) is 7.18. The molecule has 2 aliphatic rings. The van der Waals surface area contributed by atoms with Crippen molar-refractivity contribution in [3.8, 4) is 11.3 Å². The zero-order valence-corrected chi connectivity index (χ0v) is 28.2. The van der Waals surface area contributed by atoms with Gasteiger partial charge in [0.1, 0.15) is 11.3 Å². The minimum absolute atomic E-state index is 0.167. The van der Waals surface area contributed by atoms with E-state index in [0.29, 0.717) is 52.2 Å². The molecule has 2 fully saturated rings. The Morgan fingerprint density at radius 1 is 0.894 bits per heavy atom. The number of hydrogen-bond acceptors (Lipinski definition) is 7. The fourth-order valence-corrected chi connectivity index (χ4v) is 6.91. The lowest BCUT2D eigenvalue weighted by molar-refractivity contribution is 0.0152. The average Bonchev–Trinajstić information content (AvgIpc) is 3.07. The molecule has 10 heteroatoms. The standard InChI is InChI=1S/C37H43ClN6O3/c1-37(2,3)47-36(46)44-21-15-26(16-22-44)25-13-19-43(20-14-25)30-9-6-7-27(23-30)33-34(38)42-31-11-10-28(24-32(31)41-33)35(45)40-18-12-29-8-4-5-17-39-29/h4-11,17,23-26H,12-16,18-22H2,1-3H3,(H,40,45). The monoisotopic (exact) mass is 654 g/mol. The van der Waals surface area contributed by atoms with Gasteiger partial charge in [0.15, 0.2) is 5.15 Å². The number of ether oxygens (including phenoxy) is 1. The largest absolute Gasteiger partial charge is 0.444 e. The number of benzene rings is 2. The summed E-state index contributed by atoms with van der Waals surface area (Å²) in [6.45, 7) is 9.73. The van der Waals surface area contributed by atoms with Crippen molar-refractivity contribution in [1.29, 1.82) is 0 Å². The summed E-state index contributed by atoms with van der Waals surface area (Å²) in [7, 11) is 0. The van der Waals surface area contributed by atoms with Crippen LogP contribution in [0.2, 0.25) is 5.15 Å². The van der Waals surface area contributed by atoms with E-state index in [9.17, 15) is 9.59 Å². The van der Waals surface area contributed by atoms with E-state index in [1.54, 1.807) is 24.4 Å². The summed E-state index contributed by atoms with van der Waals surface area (Å²) in [6, 6.07) is 19.4. The normalized spacial score (nSPS) is 16.3. The molecule has 4 heterocycles. The summed E-state index contributed by atoms with van der Waals surface area (Å²) in [5, 5.41) is 3.30. The molecule has 4 aromatic rings. The molecule has 6 rings (SSSR count). The van der Waals surface area contributed by atoms with Gasteiger partial charge in [-0.25, -0.2) is 14.8 Å². The second-order valence-corrected chi connectivity index (χ2v) is 13.9. The lowest BCUT2D eigenvalue weighted by Crippen LogP contribution is -2.44. The minimum Gasteiger partial charge on any atom is -0.444 e. The third-order valence-corrected chi connectivity index (χ3v) is 9.42. The highest BCUT2D eigenvalue weighted by Gasteiger charge is 2.32. The highest BCUT2D eigenvalue weighted by molar-refractivity contribution is 6.32. The fraction of sp³-hybridized carbons (Fsp3) is 0.432. The van der Waals surface area contributed by atoms with Gasteiger partial charge in [-0.2, -0.15) is 0 Å². The summed E-state index contributed by atoms with van der Waals surface area (Å²) >= 11 is 6.67. The van der Waals surface area contributed by atoms with Crippen LogP contribution in [0, 0.1) is 11.8 Å². The number of fused-ring (bicyclic) bond motifs is 1. The molecule has 1 N–H and O–H groups in total. The number of amides is 2. The number of halogens is 1. The first-order valence-electron chi connectivity index (χ1n) is 16.6. The van der Waals surface area contributed by atoms with E-state index in [0.717, 1.165) is 68.8 Å². The van der Waals surface area contributed by atoms with Gasteiger partial charge >= 0.3 is 6.09 Å². The molecule has 2 amide bonds. The Kier molecular flexibility index (Phi) is 9.92. The summed E-state index contributed by atoms with van der Waals surface area (Å²) in [5.41, 5.74) is 4.87. The molecule has 246 valence electrons. The van der Waals surface area contributed by atoms with Gasteiger partial charge in [0.05, 0.1) is 11.0 Å². The van der Waals surface area contributed by atoms with Crippen LogP contribution in [0.3, 0.4) is 0 Å². The molecule has 0 spiro atoms. The Hall–Kier alpha value is -4.24. The highest BCUT2D eigenvalue weighted by atomic mass is 35.5. The molecule has 0 atom stereocenters. The van der Waals surface area contributed by atoms with E-state index in [1.807, 2.05) is 56.0 Å². The van der Waals surface area contributed by atoms with Crippen molar-refractivity contribution in [2.45, 2.75) is 58.5 Å². The number of carbonyl (C=O) groups excluding carboxylic acids is 2. The van der Waals surface area contributed by atoms with Gasteiger partial charge in [0, 0.05) is 67.8 Å². The zero-order valence-electron chi connectivity index (χ0n) is 27.4. The van der Waals surface area contributed by atoms with Crippen molar-refractivity contribution in [3.63, 3.8) is 0 Å². The molecule has 47 heavy (non-hydrogen) atoms. The molecule has 2 aromatic carbocycles. The van der Waals surface area contributed by atoms with Crippen LogP contribution in [0.15, 0.2) is 66.9 Å². The lowest BCUT2D eigenvalue weighted by atomic mass is 9.79. The van der Waals surface area contributed by atoms with Crippen LogP contribution in [0.1, 0.15) is 62.5 Å². The van der Waals surface area contributed by atoms with Crippen LogP contribution in [0.25, 0.3) is 22.3 Å². The first-order chi connectivity index (χ1) is 22.6. The second kappa shape index (κ2) is 14.3. The Morgan fingerprint density at radius 3 is 2.34 bits per heavy atom. The molecule has 0 aliphatic carbocycles. The number of nitrogens with zero attached hydrogens (tertiary/aromatic N) is 5. The minimum atomic E-state index is -0.465. The van der Waals surface area contributed by atoms with Crippen LogP contribution in [-0.2, 0) is 11.2 Å². The van der Waals surface area contributed by atoms with Crippen LogP contribution in [0.5, 0.6) is 0 Å². The Morgan fingerprint density at radius 2 is 1.64 bits per heavy atom. The van der Waals surface area contributed by atoms with E-state index >= 15 is 0 Å². The Balaban J connectivity index is 1.07. The van der Waals surface area contributed by atoms with E-state index in [2.05, 4.69) is 32.3 Å². The van der Waals surface area contributed by atoms with Gasteiger partial charge in [-0.15, -0.1) is 0 Å². The van der Waals surface area contributed by atoms with Gasteiger partial charge in [-0.3, -0.25) is 9.78 Å². The SMILES string of the molecule is CC(C)(C)OC(=O)N1CCC(C2CCN(c3cccc(-c4nc5cc(C(=O)NCCc6ccccn6)ccc5nc4Cl)c3)CC2)CC1. The molecule has 0 radical (unpaired) electrons. The molecule has 0 saturated carbocycles. The molecule has 2 aromatic heterocycles. The van der Waals surface area contributed by atoms with Gasteiger partial charge in [0.25, 0.3) is 5.91 Å². The fourth-order valence-electron chi connectivity index (χ4n) is 6.67. The van der Waals surface area contributed by atoms with Crippen LogP contribution < -0.4 is 10.2 Å². The number of nitrogens with one attached hydrogen (secondary N) is 1. The molecular formula is C37H43ClN6O3. The van der Waals surface area contributed by atoms with Crippen molar-refractivity contribution in [3.05, 3.63) is 83.3 Å². The lowest BCUT2D eigenvalue weighted by Gasteiger charge is -2.41. The van der Waals surface area contributed by atoms with E-state index < -0.39 is 5.60 Å². The van der Waals surface area contributed by atoms with Crippen LogP contribution in [-0.4, -0.2) is 70.2 Å².